The van der Waals surface area contributed by atoms with Crippen molar-refractivity contribution < 1.29 is 9.53 Å². The average Bonchev–Trinajstić information content (AvgIpc) is 2.63. The van der Waals surface area contributed by atoms with Crippen molar-refractivity contribution in [3.05, 3.63) is 48.2 Å². The largest absolute Gasteiger partial charge is 0.495 e. The zero-order valence-corrected chi connectivity index (χ0v) is 13.7. The van der Waals surface area contributed by atoms with Gasteiger partial charge in [-0.15, -0.1) is 0 Å². The number of methoxy groups -OCH3 is 1. The van der Waals surface area contributed by atoms with E-state index in [2.05, 4.69) is 20.9 Å². The minimum atomic E-state index is -0.116. The fraction of sp³-hybridized carbons (Fsp3) is 0.333. The van der Waals surface area contributed by atoms with Gasteiger partial charge in [-0.25, -0.2) is 4.98 Å². The van der Waals surface area contributed by atoms with Crippen LogP contribution in [-0.2, 0) is 0 Å². The first kappa shape index (κ1) is 16.3. The molecule has 24 heavy (non-hydrogen) atoms. The number of hydrogen-bond acceptors (Lipinski definition) is 5. The monoisotopic (exact) mass is 326 g/mol. The van der Waals surface area contributed by atoms with Crippen LogP contribution in [0.4, 0.5) is 11.5 Å². The summed E-state index contributed by atoms with van der Waals surface area (Å²) < 4.78 is 5.34. The number of para-hydroxylation sites is 2. The lowest BCUT2D eigenvalue weighted by Gasteiger charge is -2.24. The molecule has 0 aliphatic carbocycles. The van der Waals surface area contributed by atoms with Gasteiger partial charge in [-0.3, -0.25) is 4.79 Å². The number of benzene rings is 1. The van der Waals surface area contributed by atoms with Gasteiger partial charge in [0.05, 0.1) is 18.4 Å². The van der Waals surface area contributed by atoms with E-state index < -0.39 is 0 Å². The number of nitrogens with zero attached hydrogens (tertiary/aromatic N) is 1. The summed E-state index contributed by atoms with van der Waals surface area (Å²) in [7, 11) is 1.61. The van der Waals surface area contributed by atoms with Gasteiger partial charge in [0.1, 0.15) is 11.6 Å². The molecule has 3 rings (SSSR count). The molecule has 1 aromatic heterocycles. The number of piperidine rings is 1. The van der Waals surface area contributed by atoms with Crippen LogP contribution in [-0.4, -0.2) is 37.1 Å². The highest BCUT2D eigenvalue weighted by molar-refractivity contribution is 5.99. The van der Waals surface area contributed by atoms with Gasteiger partial charge in [-0.05, 0) is 43.7 Å². The Morgan fingerprint density at radius 2 is 2.17 bits per heavy atom. The Labute approximate surface area is 141 Å². The molecular weight excluding hydrogens is 304 g/mol. The number of carbonyl (C=O) groups excluding carboxylic acids is 1. The number of carbonyl (C=O) groups is 1. The molecule has 1 aromatic carbocycles. The molecule has 3 N–H and O–H groups in total. The van der Waals surface area contributed by atoms with Crippen molar-refractivity contribution in [1.29, 1.82) is 0 Å². The van der Waals surface area contributed by atoms with Crippen molar-refractivity contribution in [2.24, 2.45) is 0 Å². The fourth-order valence-electron chi connectivity index (χ4n) is 2.80. The predicted octanol–water partition coefficient (Wildman–Crippen LogP) is 2.32. The number of hydrogen-bond donors (Lipinski definition) is 3. The molecule has 1 aliphatic rings. The zero-order chi connectivity index (χ0) is 16.8. The number of nitrogens with one attached hydrogen (secondary N) is 3. The SMILES string of the molecule is COc1ccccc1Nc1ncccc1C(=O)N[C@H]1CCCNC1. The summed E-state index contributed by atoms with van der Waals surface area (Å²) >= 11 is 0. The smallest absolute Gasteiger partial charge is 0.255 e. The number of amides is 1. The van der Waals surface area contributed by atoms with Crippen LogP contribution < -0.4 is 20.7 Å². The third kappa shape index (κ3) is 3.83. The Kier molecular flexibility index (Phi) is 5.28. The van der Waals surface area contributed by atoms with Crippen LogP contribution in [0.15, 0.2) is 42.6 Å². The van der Waals surface area contributed by atoms with Crippen LogP contribution in [0.2, 0.25) is 0 Å². The van der Waals surface area contributed by atoms with Crippen LogP contribution >= 0.6 is 0 Å². The van der Waals surface area contributed by atoms with Gasteiger partial charge in [-0.2, -0.15) is 0 Å². The second-order valence-corrected chi connectivity index (χ2v) is 5.74. The maximum atomic E-state index is 12.6. The molecule has 2 heterocycles. The number of aromatic nitrogens is 1. The molecule has 6 heteroatoms. The Bertz CT molecular complexity index is 699. The van der Waals surface area contributed by atoms with Crippen molar-refractivity contribution in [2.75, 3.05) is 25.5 Å². The Hall–Kier alpha value is -2.60. The van der Waals surface area contributed by atoms with Gasteiger partial charge >= 0.3 is 0 Å². The fourth-order valence-corrected chi connectivity index (χ4v) is 2.80. The van der Waals surface area contributed by atoms with E-state index in [-0.39, 0.29) is 11.9 Å². The average molecular weight is 326 g/mol. The second-order valence-electron chi connectivity index (χ2n) is 5.74. The van der Waals surface area contributed by atoms with Gasteiger partial charge in [-0.1, -0.05) is 12.1 Å². The van der Waals surface area contributed by atoms with Crippen molar-refractivity contribution >= 4 is 17.4 Å². The second kappa shape index (κ2) is 7.79. The highest BCUT2D eigenvalue weighted by atomic mass is 16.5. The first-order chi connectivity index (χ1) is 11.8. The number of pyridine rings is 1. The molecule has 0 unspecified atom stereocenters. The molecular formula is C18H22N4O2. The van der Waals surface area contributed by atoms with Crippen molar-refractivity contribution in [1.82, 2.24) is 15.6 Å². The summed E-state index contributed by atoms with van der Waals surface area (Å²) in [4.78, 5) is 16.9. The molecule has 0 saturated carbocycles. The molecule has 2 aromatic rings. The lowest BCUT2D eigenvalue weighted by Crippen LogP contribution is -2.45. The Morgan fingerprint density at radius 1 is 1.29 bits per heavy atom. The molecule has 0 spiro atoms. The van der Waals surface area contributed by atoms with E-state index in [0.29, 0.717) is 17.1 Å². The van der Waals surface area contributed by atoms with E-state index in [1.54, 1.807) is 25.4 Å². The van der Waals surface area contributed by atoms with Crippen LogP contribution in [0.5, 0.6) is 5.75 Å². The van der Waals surface area contributed by atoms with E-state index in [9.17, 15) is 4.79 Å². The molecule has 1 saturated heterocycles. The van der Waals surface area contributed by atoms with Gasteiger partial charge in [0, 0.05) is 18.8 Å². The number of anilines is 2. The summed E-state index contributed by atoms with van der Waals surface area (Å²) in [6.07, 6.45) is 3.73. The standard InChI is InChI=1S/C18H22N4O2/c1-24-16-9-3-2-8-15(16)22-17-14(7-5-11-20-17)18(23)21-13-6-4-10-19-12-13/h2-3,5,7-9,11,13,19H,4,6,10,12H2,1H3,(H,20,22)(H,21,23)/t13-/m0/s1. The number of rotatable bonds is 5. The maximum Gasteiger partial charge on any atom is 0.255 e. The highest BCUT2D eigenvalue weighted by Crippen LogP contribution is 2.27. The minimum Gasteiger partial charge on any atom is -0.495 e. The molecule has 0 bridgehead atoms. The lowest BCUT2D eigenvalue weighted by atomic mass is 10.1. The van der Waals surface area contributed by atoms with Crippen molar-refractivity contribution in [3.63, 3.8) is 0 Å². The molecule has 6 nitrogen and oxygen atoms in total. The van der Waals surface area contributed by atoms with Crippen molar-refractivity contribution in [2.45, 2.75) is 18.9 Å². The third-order valence-electron chi connectivity index (χ3n) is 4.04. The van der Waals surface area contributed by atoms with Crippen LogP contribution in [0.1, 0.15) is 23.2 Å². The molecule has 1 amide bonds. The van der Waals surface area contributed by atoms with E-state index >= 15 is 0 Å². The maximum absolute atomic E-state index is 12.6. The molecule has 126 valence electrons. The summed E-state index contributed by atoms with van der Waals surface area (Å²) in [5, 5.41) is 9.57. The molecule has 1 aliphatic heterocycles. The van der Waals surface area contributed by atoms with E-state index in [1.807, 2.05) is 24.3 Å². The van der Waals surface area contributed by atoms with E-state index in [4.69, 9.17) is 4.74 Å². The van der Waals surface area contributed by atoms with E-state index in [1.165, 1.54) is 0 Å². The first-order valence-corrected chi connectivity index (χ1v) is 8.14. The summed E-state index contributed by atoms with van der Waals surface area (Å²) in [6, 6.07) is 11.2. The van der Waals surface area contributed by atoms with Crippen LogP contribution in [0, 0.1) is 0 Å². The minimum absolute atomic E-state index is 0.116. The molecule has 1 fully saturated rings. The van der Waals surface area contributed by atoms with Crippen molar-refractivity contribution in [3.8, 4) is 5.75 Å². The van der Waals surface area contributed by atoms with Crippen LogP contribution in [0.25, 0.3) is 0 Å². The Balaban J connectivity index is 1.78. The molecule has 1 atom stereocenters. The third-order valence-corrected chi connectivity index (χ3v) is 4.04. The Morgan fingerprint density at radius 3 is 2.96 bits per heavy atom. The summed E-state index contributed by atoms with van der Waals surface area (Å²) in [6.45, 7) is 1.82. The highest BCUT2D eigenvalue weighted by Gasteiger charge is 2.19. The zero-order valence-electron chi connectivity index (χ0n) is 13.7. The van der Waals surface area contributed by atoms with Gasteiger partial charge in [0.2, 0.25) is 0 Å². The lowest BCUT2D eigenvalue weighted by molar-refractivity contribution is 0.0931. The summed E-state index contributed by atoms with van der Waals surface area (Å²) in [5.74, 6) is 1.10. The molecule has 0 radical (unpaired) electrons. The topological polar surface area (TPSA) is 75.3 Å². The van der Waals surface area contributed by atoms with E-state index in [0.717, 1.165) is 31.6 Å². The number of ether oxygens (including phenoxy) is 1. The van der Waals surface area contributed by atoms with Gasteiger partial charge in [0.15, 0.2) is 0 Å². The predicted molar refractivity (Wildman–Crippen MR) is 93.9 cm³/mol. The quantitative estimate of drug-likeness (QED) is 0.786. The first-order valence-electron chi connectivity index (χ1n) is 8.14. The van der Waals surface area contributed by atoms with Gasteiger partial charge in [0.25, 0.3) is 5.91 Å². The normalized spacial score (nSPS) is 17.1. The van der Waals surface area contributed by atoms with Crippen LogP contribution in [0.3, 0.4) is 0 Å². The van der Waals surface area contributed by atoms with Gasteiger partial charge < -0.3 is 20.7 Å². The summed E-state index contributed by atoms with van der Waals surface area (Å²) in [5.41, 5.74) is 1.29.